The summed E-state index contributed by atoms with van der Waals surface area (Å²) >= 11 is 2.34. The first-order valence-electron chi connectivity index (χ1n) is 5.17. The average molecular weight is 301 g/mol. The molecular formula is C12H16IN. The fourth-order valence-electron chi connectivity index (χ4n) is 2.35. The van der Waals surface area contributed by atoms with Gasteiger partial charge < -0.3 is 5.73 Å². The van der Waals surface area contributed by atoms with E-state index in [1.807, 2.05) is 0 Å². The molecule has 1 saturated carbocycles. The van der Waals surface area contributed by atoms with Crippen LogP contribution >= 0.6 is 22.6 Å². The Balaban J connectivity index is 2.32. The Morgan fingerprint density at radius 2 is 1.86 bits per heavy atom. The van der Waals surface area contributed by atoms with E-state index in [-0.39, 0.29) is 11.5 Å². The first kappa shape index (κ1) is 10.4. The lowest BCUT2D eigenvalue weighted by Gasteiger charge is -2.45. The van der Waals surface area contributed by atoms with E-state index in [2.05, 4.69) is 53.8 Å². The van der Waals surface area contributed by atoms with Gasteiger partial charge >= 0.3 is 0 Å². The van der Waals surface area contributed by atoms with Crippen molar-refractivity contribution in [3.8, 4) is 0 Å². The highest BCUT2D eigenvalue weighted by atomic mass is 127. The first-order valence-corrected chi connectivity index (χ1v) is 6.25. The maximum atomic E-state index is 6.10. The van der Waals surface area contributed by atoms with Crippen molar-refractivity contribution in [1.82, 2.24) is 0 Å². The Hall–Kier alpha value is -0.0900. The largest absolute Gasteiger partial charge is 0.327 e. The summed E-state index contributed by atoms with van der Waals surface area (Å²) in [7, 11) is 0. The molecule has 2 heteroatoms. The van der Waals surface area contributed by atoms with Crippen LogP contribution in [0, 0.1) is 3.57 Å². The third-order valence-electron chi connectivity index (χ3n) is 3.54. The molecule has 0 aliphatic heterocycles. The summed E-state index contributed by atoms with van der Waals surface area (Å²) in [5.41, 5.74) is 7.81. The maximum absolute atomic E-state index is 6.10. The minimum atomic E-state index is 0.274. The number of hydrogen-bond acceptors (Lipinski definition) is 1. The Morgan fingerprint density at radius 1 is 1.29 bits per heavy atom. The minimum absolute atomic E-state index is 0.274. The van der Waals surface area contributed by atoms with E-state index in [1.54, 1.807) is 0 Å². The third-order valence-corrected chi connectivity index (χ3v) is 4.26. The smallest absolute Gasteiger partial charge is 0.0130 e. The van der Waals surface area contributed by atoms with E-state index in [1.165, 1.54) is 28.4 Å². The van der Waals surface area contributed by atoms with E-state index in [9.17, 15) is 0 Å². The minimum Gasteiger partial charge on any atom is -0.327 e. The zero-order valence-electron chi connectivity index (χ0n) is 8.46. The summed E-state index contributed by atoms with van der Waals surface area (Å²) in [4.78, 5) is 0. The summed E-state index contributed by atoms with van der Waals surface area (Å²) in [5.74, 6) is 0. The second-order valence-electron chi connectivity index (χ2n) is 4.31. The van der Waals surface area contributed by atoms with Crippen molar-refractivity contribution in [2.24, 2.45) is 5.73 Å². The Labute approximate surface area is 99.2 Å². The van der Waals surface area contributed by atoms with Crippen molar-refractivity contribution in [2.45, 2.75) is 37.6 Å². The van der Waals surface area contributed by atoms with Gasteiger partial charge in [0.15, 0.2) is 0 Å². The average Bonchev–Trinajstić information content (AvgIpc) is 2.05. The van der Waals surface area contributed by atoms with Crippen molar-refractivity contribution in [2.75, 3.05) is 0 Å². The zero-order valence-corrected chi connectivity index (χ0v) is 10.6. The van der Waals surface area contributed by atoms with Gasteiger partial charge in [-0.1, -0.05) is 18.6 Å². The lowest BCUT2D eigenvalue weighted by atomic mass is 9.61. The highest BCUT2D eigenvalue weighted by Gasteiger charge is 2.41. The summed E-state index contributed by atoms with van der Waals surface area (Å²) in [5, 5.41) is 0. The van der Waals surface area contributed by atoms with Gasteiger partial charge in [-0.25, -0.2) is 0 Å². The number of nitrogens with two attached hydrogens (primary N) is 1. The van der Waals surface area contributed by atoms with Gasteiger partial charge in [-0.15, -0.1) is 0 Å². The van der Waals surface area contributed by atoms with Crippen molar-refractivity contribution in [3.63, 3.8) is 0 Å². The predicted octanol–water partition coefficient (Wildman–Crippen LogP) is 3.06. The first-order chi connectivity index (χ1) is 6.65. The van der Waals surface area contributed by atoms with Crippen LogP contribution in [0.2, 0.25) is 0 Å². The molecule has 1 aromatic carbocycles. The Kier molecular flexibility index (Phi) is 2.84. The molecule has 0 bridgehead atoms. The highest BCUT2D eigenvalue weighted by molar-refractivity contribution is 14.1. The molecule has 0 heterocycles. The predicted molar refractivity (Wildman–Crippen MR) is 68.3 cm³/mol. The normalized spacial score (nSPS) is 21.4. The van der Waals surface area contributed by atoms with E-state index >= 15 is 0 Å². The van der Waals surface area contributed by atoms with Crippen LogP contribution < -0.4 is 5.73 Å². The van der Waals surface area contributed by atoms with Gasteiger partial charge in [-0.2, -0.15) is 0 Å². The Bertz CT molecular complexity index is 312. The number of halogens is 1. The molecule has 0 aromatic heterocycles. The summed E-state index contributed by atoms with van der Waals surface area (Å²) in [6.45, 7) is 2.14. The molecule has 76 valence electrons. The van der Waals surface area contributed by atoms with Crippen molar-refractivity contribution in [1.29, 1.82) is 0 Å². The van der Waals surface area contributed by atoms with Crippen LogP contribution in [0.25, 0.3) is 0 Å². The molecule has 0 radical (unpaired) electrons. The second-order valence-corrected chi connectivity index (χ2v) is 5.55. The van der Waals surface area contributed by atoms with Gasteiger partial charge in [0.05, 0.1) is 0 Å². The van der Waals surface area contributed by atoms with Crippen molar-refractivity contribution >= 4 is 22.6 Å². The van der Waals surface area contributed by atoms with E-state index in [0.29, 0.717) is 0 Å². The van der Waals surface area contributed by atoms with Gasteiger partial charge in [0.25, 0.3) is 0 Å². The molecular weight excluding hydrogens is 285 g/mol. The molecule has 0 amide bonds. The van der Waals surface area contributed by atoms with Crippen LogP contribution in [0.1, 0.15) is 31.7 Å². The summed E-state index contributed by atoms with van der Waals surface area (Å²) in [6.07, 6.45) is 3.84. The Morgan fingerprint density at radius 3 is 2.21 bits per heavy atom. The topological polar surface area (TPSA) is 26.0 Å². The number of hydrogen-bond donors (Lipinski definition) is 1. The van der Waals surface area contributed by atoms with Crippen molar-refractivity contribution < 1.29 is 0 Å². The van der Waals surface area contributed by atoms with Crippen LogP contribution in [0.15, 0.2) is 24.3 Å². The quantitative estimate of drug-likeness (QED) is 0.835. The lowest BCUT2D eigenvalue weighted by Crippen LogP contribution is -2.48. The van der Waals surface area contributed by atoms with E-state index in [0.717, 1.165) is 0 Å². The maximum Gasteiger partial charge on any atom is 0.0130 e. The van der Waals surface area contributed by atoms with Crippen LogP contribution in [0.5, 0.6) is 0 Å². The monoisotopic (exact) mass is 301 g/mol. The molecule has 1 fully saturated rings. The van der Waals surface area contributed by atoms with Crippen LogP contribution in [0.3, 0.4) is 0 Å². The van der Waals surface area contributed by atoms with Gasteiger partial charge in [-0.05, 0) is 60.1 Å². The third kappa shape index (κ3) is 1.58. The standard InChI is InChI=1S/C12H16IN/c1-9(14)12(7-2-8-12)10-3-5-11(13)6-4-10/h3-6,9H,2,7-8,14H2,1H3. The molecule has 2 N–H and O–H groups in total. The fraction of sp³-hybridized carbons (Fsp3) is 0.500. The molecule has 1 unspecified atom stereocenters. The van der Waals surface area contributed by atoms with Gasteiger partial charge in [0.2, 0.25) is 0 Å². The molecule has 1 atom stereocenters. The molecule has 1 aliphatic rings. The number of rotatable bonds is 2. The highest BCUT2D eigenvalue weighted by Crippen LogP contribution is 2.45. The summed E-state index contributed by atoms with van der Waals surface area (Å²) in [6, 6.07) is 9.11. The molecule has 1 nitrogen and oxygen atoms in total. The zero-order chi connectivity index (χ0) is 10.2. The van der Waals surface area contributed by atoms with Crippen LogP contribution in [0.4, 0.5) is 0 Å². The molecule has 14 heavy (non-hydrogen) atoms. The second kappa shape index (κ2) is 3.81. The van der Waals surface area contributed by atoms with Crippen molar-refractivity contribution in [3.05, 3.63) is 33.4 Å². The van der Waals surface area contributed by atoms with Gasteiger partial charge in [0.1, 0.15) is 0 Å². The summed E-state index contributed by atoms with van der Waals surface area (Å²) < 4.78 is 1.30. The van der Waals surface area contributed by atoms with E-state index in [4.69, 9.17) is 5.73 Å². The molecule has 2 rings (SSSR count). The molecule has 1 aromatic rings. The number of benzene rings is 1. The molecule has 1 aliphatic carbocycles. The van der Waals surface area contributed by atoms with E-state index < -0.39 is 0 Å². The lowest BCUT2D eigenvalue weighted by molar-refractivity contribution is 0.205. The van der Waals surface area contributed by atoms with Gasteiger partial charge in [-0.3, -0.25) is 0 Å². The molecule has 0 spiro atoms. The molecule has 0 saturated heterocycles. The fourth-order valence-corrected chi connectivity index (χ4v) is 2.71. The van der Waals surface area contributed by atoms with Crippen LogP contribution in [-0.2, 0) is 5.41 Å². The SMILES string of the molecule is CC(N)C1(c2ccc(I)cc2)CCC1. The van der Waals surface area contributed by atoms with Crippen LogP contribution in [-0.4, -0.2) is 6.04 Å². The van der Waals surface area contributed by atoms with Gasteiger partial charge in [0, 0.05) is 15.0 Å².